The van der Waals surface area contributed by atoms with Crippen molar-refractivity contribution < 1.29 is 18.3 Å². The third-order valence-corrected chi connectivity index (χ3v) is 4.66. The van der Waals surface area contributed by atoms with Crippen LogP contribution in [0.5, 0.6) is 0 Å². The van der Waals surface area contributed by atoms with Crippen molar-refractivity contribution >= 4 is 24.3 Å². The molecule has 0 aliphatic carbocycles. The molecular formula is C18H20F3N5OS. The molecule has 1 unspecified atom stereocenters. The number of thiol groups is 1. The molecule has 1 saturated heterocycles. The topological polar surface area (TPSA) is 79.7 Å². The van der Waals surface area contributed by atoms with Gasteiger partial charge in [-0.1, -0.05) is 31.0 Å². The Morgan fingerprint density at radius 3 is 2.71 bits per heavy atom. The normalized spacial score (nSPS) is 17.6. The Bertz CT molecular complexity index is 944. The number of rotatable bonds is 2. The Balaban J connectivity index is 0.000000236. The lowest BCUT2D eigenvalue weighted by Gasteiger charge is -2.24. The molecule has 3 aromatic rings. The Morgan fingerprint density at radius 1 is 1.29 bits per heavy atom. The zero-order valence-corrected chi connectivity index (χ0v) is 15.7. The van der Waals surface area contributed by atoms with E-state index in [4.69, 9.17) is 10.8 Å². The Labute approximate surface area is 165 Å². The van der Waals surface area contributed by atoms with Crippen LogP contribution in [0, 0.1) is 5.82 Å². The summed E-state index contributed by atoms with van der Waals surface area (Å²) in [5, 5.41) is 12.9. The largest absolute Gasteiger partial charge is 0.392 e. The number of nitrogens with two attached hydrogens (primary N) is 1. The van der Waals surface area contributed by atoms with Crippen molar-refractivity contribution in [3.05, 3.63) is 47.9 Å². The van der Waals surface area contributed by atoms with Gasteiger partial charge in [-0.15, -0.1) is 5.10 Å². The summed E-state index contributed by atoms with van der Waals surface area (Å²) in [6.07, 6.45) is 0.534. The summed E-state index contributed by atoms with van der Waals surface area (Å²) in [5.41, 5.74) is 6.24. The van der Waals surface area contributed by atoms with Gasteiger partial charge in [0.25, 0.3) is 6.43 Å². The van der Waals surface area contributed by atoms with Gasteiger partial charge in [-0.25, -0.2) is 22.7 Å². The first-order valence-corrected chi connectivity index (χ1v) is 9.05. The number of aliphatic hydroxyl groups is 1. The second kappa shape index (κ2) is 8.80. The van der Waals surface area contributed by atoms with Gasteiger partial charge in [0, 0.05) is 30.3 Å². The third-order valence-electron chi connectivity index (χ3n) is 4.30. The monoisotopic (exact) mass is 411 g/mol. The number of benzene rings is 1. The number of aliphatic hydroxyl groups excluding tert-OH is 1. The summed E-state index contributed by atoms with van der Waals surface area (Å²) in [5.74, 6) is -0.568. The van der Waals surface area contributed by atoms with Crippen LogP contribution in [-0.4, -0.2) is 43.2 Å². The van der Waals surface area contributed by atoms with Crippen molar-refractivity contribution in [2.45, 2.75) is 25.4 Å². The number of nitrogen functional groups attached to an aromatic ring is 1. The minimum Gasteiger partial charge on any atom is -0.392 e. The molecule has 28 heavy (non-hydrogen) atoms. The average molecular weight is 411 g/mol. The minimum atomic E-state index is -2.59. The first-order valence-electron chi connectivity index (χ1n) is 8.65. The highest BCUT2D eigenvalue weighted by atomic mass is 32.1. The molecule has 2 aromatic heterocycles. The third kappa shape index (κ3) is 4.75. The molecule has 10 heteroatoms. The standard InChI is InChI=1S/C13H9F3N4.C5H11NOS/c14-9-5-10(20-11(9)6-18-13(17)19-20)7-2-1-3-8(4-7)12(15)16;7-5-2-1-3-6(8)4-5/h1-6,12H,(H2,17,19);5,7-8H,1-4H2. The van der Waals surface area contributed by atoms with Crippen LogP contribution in [0.15, 0.2) is 36.5 Å². The van der Waals surface area contributed by atoms with Crippen molar-refractivity contribution in [2.75, 3.05) is 18.8 Å². The van der Waals surface area contributed by atoms with Gasteiger partial charge < -0.3 is 10.8 Å². The van der Waals surface area contributed by atoms with Crippen LogP contribution >= 0.6 is 12.8 Å². The van der Waals surface area contributed by atoms with Crippen LogP contribution in [0.1, 0.15) is 24.8 Å². The molecule has 150 valence electrons. The maximum absolute atomic E-state index is 13.8. The summed E-state index contributed by atoms with van der Waals surface area (Å²) in [6.45, 7) is 1.74. The van der Waals surface area contributed by atoms with Gasteiger partial charge in [-0.3, -0.25) is 4.31 Å². The summed E-state index contributed by atoms with van der Waals surface area (Å²) < 4.78 is 42.3. The van der Waals surface area contributed by atoms with Crippen LogP contribution in [0.25, 0.3) is 16.8 Å². The van der Waals surface area contributed by atoms with Crippen molar-refractivity contribution in [1.29, 1.82) is 0 Å². The number of hydrogen-bond donors (Lipinski definition) is 3. The van der Waals surface area contributed by atoms with Crippen molar-refractivity contribution in [1.82, 2.24) is 18.9 Å². The van der Waals surface area contributed by atoms with E-state index < -0.39 is 12.2 Å². The molecule has 1 aliphatic rings. The summed E-state index contributed by atoms with van der Waals surface area (Å²) in [7, 11) is 0. The number of aromatic nitrogens is 3. The quantitative estimate of drug-likeness (QED) is 0.564. The van der Waals surface area contributed by atoms with Crippen LogP contribution < -0.4 is 5.73 Å². The zero-order valence-electron chi connectivity index (χ0n) is 14.8. The van der Waals surface area contributed by atoms with Crippen molar-refractivity contribution in [3.63, 3.8) is 0 Å². The number of alkyl halides is 2. The molecule has 1 atom stereocenters. The van der Waals surface area contributed by atoms with E-state index in [1.54, 1.807) is 6.07 Å². The number of nitrogens with zero attached hydrogens (tertiary/aromatic N) is 4. The predicted octanol–water partition coefficient (Wildman–Crippen LogP) is 3.34. The fourth-order valence-corrected chi connectivity index (χ4v) is 3.27. The van der Waals surface area contributed by atoms with Crippen LogP contribution in [-0.2, 0) is 0 Å². The number of fused-ring (bicyclic) bond motifs is 1. The van der Waals surface area contributed by atoms with E-state index in [9.17, 15) is 13.2 Å². The van der Waals surface area contributed by atoms with E-state index in [1.807, 2.05) is 4.31 Å². The van der Waals surface area contributed by atoms with Crippen molar-refractivity contribution in [2.24, 2.45) is 0 Å². The van der Waals surface area contributed by atoms with Gasteiger partial charge in [0.05, 0.1) is 18.0 Å². The maximum Gasteiger partial charge on any atom is 0.263 e. The number of piperidine rings is 1. The highest BCUT2D eigenvalue weighted by Gasteiger charge is 2.15. The summed E-state index contributed by atoms with van der Waals surface area (Å²) >= 11 is 4.09. The zero-order chi connectivity index (χ0) is 20.3. The van der Waals surface area contributed by atoms with Gasteiger partial charge in [0.1, 0.15) is 5.52 Å². The highest BCUT2D eigenvalue weighted by molar-refractivity contribution is 7.77. The molecule has 6 nitrogen and oxygen atoms in total. The highest BCUT2D eigenvalue weighted by Crippen LogP contribution is 2.28. The molecule has 1 aliphatic heterocycles. The van der Waals surface area contributed by atoms with Gasteiger partial charge in [-0.05, 0) is 18.9 Å². The number of halogens is 3. The van der Waals surface area contributed by atoms with Gasteiger partial charge >= 0.3 is 0 Å². The molecule has 4 rings (SSSR count). The van der Waals surface area contributed by atoms with Gasteiger partial charge in [-0.2, -0.15) is 0 Å². The fraction of sp³-hybridized carbons (Fsp3) is 0.333. The SMILES string of the molecule is Nc1ncc2c(F)cc(-c3cccc(C(F)F)c3)n2n1.OC1CCCN(S)C1. The van der Waals surface area contributed by atoms with E-state index in [-0.39, 0.29) is 23.1 Å². The molecule has 3 heterocycles. The molecule has 1 fully saturated rings. The van der Waals surface area contributed by atoms with E-state index in [0.717, 1.165) is 25.9 Å². The second-order valence-corrected chi connectivity index (χ2v) is 6.99. The van der Waals surface area contributed by atoms with Crippen molar-refractivity contribution in [3.8, 4) is 11.3 Å². The minimum absolute atomic E-state index is 0.0284. The lowest BCUT2D eigenvalue weighted by Crippen LogP contribution is -2.31. The first kappa shape index (κ1) is 20.4. The van der Waals surface area contributed by atoms with Gasteiger partial charge in [0.15, 0.2) is 5.82 Å². The van der Waals surface area contributed by atoms with E-state index >= 15 is 0 Å². The molecule has 0 bridgehead atoms. The Hall–Kier alpha value is -2.30. The Kier molecular flexibility index (Phi) is 6.42. The first-order chi connectivity index (χ1) is 13.3. The summed E-state index contributed by atoms with van der Waals surface area (Å²) in [4.78, 5) is 3.71. The lowest BCUT2D eigenvalue weighted by atomic mass is 10.1. The lowest BCUT2D eigenvalue weighted by molar-refractivity contribution is 0.113. The molecular weight excluding hydrogens is 391 g/mol. The smallest absolute Gasteiger partial charge is 0.263 e. The molecule has 1 aromatic carbocycles. The fourth-order valence-electron chi connectivity index (χ4n) is 2.94. The van der Waals surface area contributed by atoms with E-state index in [0.29, 0.717) is 11.3 Å². The number of β-amino-alcohol motifs (C(OH)–C–C–N with tert-alkyl or cyclic N) is 1. The Morgan fingerprint density at radius 2 is 2.07 bits per heavy atom. The number of anilines is 1. The van der Waals surface area contributed by atoms with Crippen LogP contribution in [0.2, 0.25) is 0 Å². The molecule has 0 radical (unpaired) electrons. The predicted molar refractivity (Wildman–Crippen MR) is 104 cm³/mol. The van der Waals surface area contributed by atoms with Gasteiger partial charge in [0.2, 0.25) is 5.95 Å². The van der Waals surface area contributed by atoms with Crippen LogP contribution in [0.4, 0.5) is 19.1 Å². The summed E-state index contributed by atoms with van der Waals surface area (Å²) in [6, 6.07) is 6.91. The molecule has 0 spiro atoms. The van der Waals surface area contributed by atoms with E-state index in [1.165, 1.54) is 35.0 Å². The van der Waals surface area contributed by atoms with Crippen LogP contribution in [0.3, 0.4) is 0 Å². The maximum atomic E-state index is 13.8. The molecule has 0 saturated carbocycles. The second-order valence-electron chi connectivity index (χ2n) is 6.43. The van der Waals surface area contributed by atoms with E-state index in [2.05, 4.69) is 22.9 Å². The number of hydrogen-bond acceptors (Lipinski definition) is 6. The average Bonchev–Trinajstić information content (AvgIpc) is 2.98. The molecule has 0 amide bonds. The molecule has 3 N–H and O–H groups in total.